The van der Waals surface area contributed by atoms with Crippen LogP contribution < -0.4 is 4.74 Å². The Balaban J connectivity index is 2.00. The Morgan fingerprint density at radius 2 is 1.90 bits per heavy atom. The zero-order valence-corrected chi connectivity index (χ0v) is 12.6. The highest BCUT2D eigenvalue weighted by molar-refractivity contribution is 5.97. The fourth-order valence-electron chi connectivity index (χ4n) is 2.51. The van der Waals surface area contributed by atoms with Gasteiger partial charge in [0.1, 0.15) is 5.75 Å². The average molecular weight is 271 g/mol. The van der Waals surface area contributed by atoms with E-state index in [0.29, 0.717) is 6.42 Å². The Labute approximate surface area is 120 Å². The first-order valence-corrected chi connectivity index (χ1v) is 6.87. The molecule has 0 saturated carbocycles. The summed E-state index contributed by atoms with van der Waals surface area (Å²) in [4.78, 5) is 16.9. The van der Waals surface area contributed by atoms with Crippen LogP contribution in [-0.4, -0.2) is 24.1 Å². The molecule has 1 aliphatic heterocycles. The number of hydrogen-bond acceptors (Lipinski definition) is 3. The van der Waals surface area contributed by atoms with Crippen LogP contribution in [0.1, 0.15) is 44.0 Å². The molecule has 2 rings (SSSR count). The Bertz CT molecular complexity index is 569. The van der Waals surface area contributed by atoms with Crippen LogP contribution in [-0.2, 0) is 0 Å². The monoisotopic (exact) mass is 271 g/mol. The molecule has 0 bridgehead atoms. The molecule has 0 spiro atoms. The minimum atomic E-state index is -0.216. The lowest BCUT2D eigenvalue weighted by Crippen LogP contribution is -2.22. The fraction of sp³-hybridized carbons (Fsp3) is 0.412. The second-order valence-electron chi connectivity index (χ2n) is 5.51. The first kappa shape index (κ1) is 14.5. The molecule has 0 fully saturated rings. The molecular weight excluding hydrogens is 250 g/mol. The van der Waals surface area contributed by atoms with Crippen molar-refractivity contribution in [2.75, 3.05) is 7.11 Å². The van der Waals surface area contributed by atoms with E-state index < -0.39 is 0 Å². The normalized spacial score (nSPS) is 21.4. The maximum atomic E-state index is 12.2. The van der Waals surface area contributed by atoms with Crippen molar-refractivity contribution in [1.29, 1.82) is 0 Å². The van der Waals surface area contributed by atoms with Gasteiger partial charge in [-0.1, -0.05) is 0 Å². The van der Waals surface area contributed by atoms with Gasteiger partial charge in [0.2, 0.25) is 0 Å². The van der Waals surface area contributed by atoms with Crippen LogP contribution >= 0.6 is 0 Å². The van der Waals surface area contributed by atoms with Gasteiger partial charge in [0, 0.05) is 17.7 Å². The molecule has 1 aromatic carbocycles. The number of benzene rings is 1. The smallest absolute Gasteiger partial charge is 0.162 e. The summed E-state index contributed by atoms with van der Waals surface area (Å²) in [5.74, 6) is 0.921. The molecule has 3 heteroatoms. The first-order chi connectivity index (χ1) is 9.44. The van der Waals surface area contributed by atoms with Crippen molar-refractivity contribution in [2.24, 2.45) is 4.99 Å². The van der Waals surface area contributed by atoms with Gasteiger partial charge in [-0.25, -0.2) is 0 Å². The highest BCUT2D eigenvalue weighted by Gasteiger charge is 2.29. The van der Waals surface area contributed by atoms with Crippen molar-refractivity contribution in [3.8, 4) is 5.75 Å². The number of aliphatic imine (C=N–C) groups is 1. The predicted octanol–water partition coefficient (Wildman–Crippen LogP) is 3.84. The molecule has 3 nitrogen and oxygen atoms in total. The van der Waals surface area contributed by atoms with Crippen molar-refractivity contribution in [2.45, 2.75) is 39.2 Å². The maximum Gasteiger partial charge on any atom is 0.162 e. The minimum Gasteiger partial charge on any atom is -0.497 e. The van der Waals surface area contributed by atoms with E-state index in [-0.39, 0.29) is 11.3 Å². The largest absolute Gasteiger partial charge is 0.497 e. The highest BCUT2D eigenvalue weighted by Crippen LogP contribution is 2.32. The van der Waals surface area contributed by atoms with Crippen LogP contribution in [0.5, 0.6) is 5.75 Å². The number of carbonyl (C=O) groups is 1. The standard InChI is InChI=1S/C17H21NO2/c1-12-11-13(2)18-17(12,3)10-9-16(19)14-5-7-15(20-4)8-6-14/h5-8,11H,9-10H2,1-4H3. The topological polar surface area (TPSA) is 38.7 Å². The molecular formula is C17H21NO2. The number of methoxy groups -OCH3 is 1. The van der Waals surface area contributed by atoms with E-state index in [0.717, 1.165) is 23.4 Å². The Hall–Kier alpha value is -1.90. The third-order valence-corrected chi connectivity index (χ3v) is 3.95. The summed E-state index contributed by atoms with van der Waals surface area (Å²) in [6.07, 6.45) is 3.35. The molecule has 106 valence electrons. The first-order valence-electron chi connectivity index (χ1n) is 6.87. The number of rotatable bonds is 5. The fourth-order valence-corrected chi connectivity index (χ4v) is 2.51. The van der Waals surface area contributed by atoms with Gasteiger partial charge in [-0.15, -0.1) is 0 Å². The lowest BCUT2D eigenvalue weighted by Gasteiger charge is -2.22. The molecule has 0 aromatic heterocycles. The number of ketones is 1. The van der Waals surface area contributed by atoms with Crippen molar-refractivity contribution in [3.05, 3.63) is 41.5 Å². The predicted molar refractivity (Wildman–Crippen MR) is 81.8 cm³/mol. The lowest BCUT2D eigenvalue weighted by atomic mass is 9.88. The molecule has 0 amide bonds. The summed E-state index contributed by atoms with van der Waals surface area (Å²) in [5, 5.41) is 0. The number of allylic oxidation sites excluding steroid dienone is 1. The Morgan fingerprint density at radius 3 is 2.40 bits per heavy atom. The SMILES string of the molecule is COc1ccc(C(=O)CCC2(C)N=C(C)C=C2C)cc1. The summed E-state index contributed by atoms with van der Waals surface area (Å²) in [6, 6.07) is 7.26. The van der Waals surface area contributed by atoms with Crippen LogP contribution in [0, 0.1) is 0 Å². The summed E-state index contributed by atoms with van der Waals surface area (Å²) in [5.41, 5.74) is 2.79. The average Bonchev–Trinajstić information content (AvgIpc) is 2.70. The van der Waals surface area contributed by atoms with Gasteiger partial charge in [0.15, 0.2) is 5.78 Å². The quantitative estimate of drug-likeness (QED) is 0.763. The second-order valence-corrected chi connectivity index (χ2v) is 5.51. The van der Waals surface area contributed by atoms with E-state index in [1.807, 2.05) is 31.2 Å². The van der Waals surface area contributed by atoms with Crippen molar-refractivity contribution >= 4 is 11.5 Å². The third kappa shape index (κ3) is 2.98. The van der Waals surface area contributed by atoms with E-state index in [1.54, 1.807) is 7.11 Å². The zero-order valence-electron chi connectivity index (χ0n) is 12.6. The highest BCUT2D eigenvalue weighted by atomic mass is 16.5. The Kier molecular flexibility index (Phi) is 4.07. The molecule has 0 saturated heterocycles. The lowest BCUT2D eigenvalue weighted by molar-refractivity contribution is 0.0974. The van der Waals surface area contributed by atoms with Gasteiger partial charge in [-0.05, 0) is 63.1 Å². The molecule has 20 heavy (non-hydrogen) atoms. The van der Waals surface area contributed by atoms with E-state index in [1.165, 1.54) is 5.57 Å². The molecule has 1 atom stereocenters. The molecule has 1 heterocycles. The summed E-state index contributed by atoms with van der Waals surface area (Å²) < 4.78 is 5.10. The molecule has 1 aliphatic rings. The van der Waals surface area contributed by atoms with E-state index >= 15 is 0 Å². The Morgan fingerprint density at radius 1 is 1.25 bits per heavy atom. The number of Topliss-reactive ketones (excluding diaryl/α,β-unsaturated/α-hetero) is 1. The molecule has 0 aliphatic carbocycles. The molecule has 1 unspecified atom stereocenters. The van der Waals surface area contributed by atoms with Gasteiger partial charge in [0.25, 0.3) is 0 Å². The van der Waals surface area contributed by atoms with Crippen LogP contribution in [0.3, 0.4) is 0 Å². The van der Waals surface area contributed by atoms with Gasteiger partial charge in [-0.3, -0.25) is 9.79 Å². The van der Waals surface area contributed by atoms with Gasteiger partial charge < -0.3 is 4.74 Å². The zero-order chi connectivity index (χ0) is 14.8. The summed E-state index contributed by atoms with van der Waals surface area (Å²) in [6.45, 7) is 6.18. The van der Waals surface area contributed by atoms with Crippen molar-refractivity contribution < 1.29 is 9.53 Å². The van der Waals surface area contributed by atoms with Crippen LogP contribution in [0.2, 0.25) is 0 Å². The molecule has 0 radical (unpaired) electrons. The maximum absolute atomic E-state index is 12.2. The second kappa shape index (κ2) is 5.61. The molecule has 0 N–H and O–H groups in total. The minimum absolute atomic E-state index is 0.154. The molecule has 1 aromatic rings. The number of carbonyl (C=O) groups excluding carboxylic acids is 1. The van der Waals surface area contributed by atoms with Crippen LogP contribution in [0.25, 0.3) is 0 Å². The van der Waals surface area contributed by atoms with Crippen LogP contribution in [0.4, 0.5) is 0 Å². The number of ether oxygens (including phenoxy) is 1. The summed E-state index contributed by atoms with van der Waals surface area (Å²) in [7, 11) is 1.62. The van der Waals surface area contributed by atoms with E-state index in [9.17, 15) is 4.79 Å². The third-order valence-electron chi connectivity index (χ3n) is 3.95. The van der Waals surface area contributed by atoms with Gasteiger partial charge in [-0.2, -0.15) is 0 Å². The number of hydrogen-bond donors (Lipinski definition) is 0. The van der Waals surface area contributed by atoms with Crippen LogP contribution in [0.15, 0.2) is 40.9 Å². The van der Waals surface area contributed by atoms with E-state index in [2.05, 4.69) is 24.9 Å². The summed E-state index contributed by atoms with van der Waals surface area (Å²) >= 11 is 0. The van der Waals surface area contributed by atoms with Gasteiger partial charge in [0.05, 0.1) is 12.6 Å². The number of nitrogens with zero attached hydrogens (tertiary/aromatic N) is 1. The van der Waals surface area contributed by atoms with Crippen molar-refractivity contribution in [3.63, 3.8) is 0 Å². The van der Waals surface area contributed by atoms with Crippen molar-refractivity contribution in [1.82, 2.24) is 0 Å². The van der Waals surface area contributed by atoms with E-state index in [4.69, 9.17) is 4.74 Å². The van der Waals surface area contributed by atoms with Gasteiger partial charge >= 0.3 is 0 Å².